The van der Waals surface area contributed by atoms with E-state index in [0.29, 0.717) is 0 Å². The molecule has 0 fully saturated rings. The molecule has 1 aliphatic heterocycles. The van der Waals surface area contributed by atoms with Gasteiger partial charge in [-0.05, 0) is 205 Å². The first-order chi connectivity index (χ1) is 48.2. The van der Waals surface area contributed by atoms with Gasteiger partial charge in [0, 0.05) is 108 Å². The van der Waals surface area contributed by atoms with Crippen LogP contribution in [0.1, 0.15) is 67.3 Å². The maximum absolute atomic E-state index is 5.12. The largest absolute Gasteiger partial charge is 0.461 e. The summed E-state index contributed by atoms with van der Waals surface area (Å²) in [5.74, 6) is 0.903. The van der Waals surface area contributed by atoms with Crippen LogP contribution in [0.4, 0.5) is 5.82 Å². The van der Waals surface area contributed by atoms with Crippen LogP contribution in [0.2, 0.25) is 0 Å². The predicted molar refractivity (Wildman–Crippen MR) is 404 cm³/mol. The third-order valence-corrected chi connectivity index (χ3v) is 16.4. The fourth-order valence-electron chi connectivity index (χ4n) is 8.98. The molecule has 1 aliphatic rings. The number of rotatable bonds is 0. The number of aliphatic imine (C=N–C) groups is 1. The zero-order valence-corrected chi connectivity index (χ0v) is 58.9. The summed E-state index contributed by atoms with van der Waals surface area (Å²) in [4.78, 5) is 64.5. The van der Waals surface area contributed by atoms with Gasteiger partial charge in [0.25, 0.3) is 0 Å². The van der Waals surface area contributed by atoms with E-state index in [1.165, 1.54) is 72.6 Å². The van der Waals surface area contributed by atoms with Gasteiger partial charge in [0.2, 0.25) is 5.71 Å². The molecule has 20 heteroatoms. The lowest BCUT2D eigenvalue weighted by Crippen LogP contribution is -1.85. The summed E-state index contributed by atoms with van der Waals surface area (Å²) in [6, 6.07) is 48.0. The highest BCUT2D eigenvalue weighted by Crippen LogP contribution is 2.24. The van der Waals surface area contributed by atoms with Gasteiger partial charge in [-0.3, -0.25) is 15.0 Å². The van der Waals surface area contributed by atoms with Crippen molar-refractivity contribution in [1.82, 2.24) is 74.8 Å². The van der Waals surface area contributed by atoms with Crippen LogP contribution in [0, 0.1) is 76.2 Å². The molecular formula is C79H78N16O2S2. The van der Waals surface area contributed by atoms with Crippen LogP contribution in [0.15, 0.2) is 264 Å². The molecule has 0 unspecified atom stereocenters. The number of nitrogens with zero attached hydrogens (tertiary/aromatic N) is 15. The number of para-hydroxylation sites is 1. The van der Waals surface area contributed by atoms with Crippen LogP contribution in [-0.4, -0.2) is 81.0 Å². The van der Waals surface area contributed by atoms with Crippen molar-refractivity contribution >= 4 is 99.4 Å². The van der Waals surface area contributed by atoms with E-state index in [1.807, 2.05) is 194 Å². The molecule has 0 amide bonds. The first-order valence-electron chi connectivity index (χ1n) is 31.6. The zero-order valence-electron chi connectivity index (χ0n) is 57.3. The minimum absolute atomic E-state index is 0.722. The Kier molecular flexibility index (Phi) is 28.9. The van der Waals surface area contributed by atoms with Gasteiger partial charge in [0.05, 0.1) is 51.5 Å². The summed E-state index contributed by atoms with van der Waals surface area (Å²) < 4.78 is 11.4. The number of aryl methyl sites for hydroxylation is 11. The number of aromatic amines is 1. The molecule has 0 saturated heterocycles. The van der Waals surface area contributed by atoms with E-state index >= 15 is 0 Å². The molecule has 0 aliphatic carbocycles. The highest BCUT2D eigenvalue weighted by atomic mass is 32.1. The Morgan fingerprint density at radius 1 is 0.384 bits per heavy atom. The molecule has 498 valence electrons. The number of hydrogen-bond acceptors (Lipinski definition) is 19. The van der Waals surface area contributed by atoms with Crippen molar-refractivity contribution in [3.63, 3.8) is 0 Å². The minimum Gasteiger partial charge on any atom is -0.461 e. The number of nitrogens with one attached hydrogen (secondary N) is 1. The fraction of sp³-hybridized carbons (Fsp3) is 0.152. The lowest BCUT2D eigenvalue weighted by molar-refractivity contribution is 0.603. The molecule has 0 saturated carbocycles. The quantitative estimate of drug-likeness (QED) is 0.149. The molecule has 99 heavy (non-hydrogen) atoms. The molecule has 0 spiro atoms. The summed E-state index contributed by atoms with van der Waals surface area (Å²) in [5.41, 5.74) is 20.5. The standard InChI is InChI=1S/C10H9N.C8H8N2.C8H7NO.C8H7NS.C7H7N3.C7H6N2O.C7H6N2S.C7H8.2C6H7N.C5H6N2/c1-8-6-7-11-10-5-3-2-4-9(8)10;3*1-6-2-4-9-8-7(6)3-5-10-8;1-5-2-3-8-7-6(5)9-4-10-7;2*1-5-7-6(2-3-10-7)9-4-8-5;1-7-5-3-2-4-6-7;1-6-2-4-7-5-3-6;1-6-4-2-3-5-7-6;1-5-2-3-6-4-7-5/h2-7H,1H3;2,4-5H,3H2,1H3;2*2-5H,1H3;2-4H,1H3,(H,8,9,10);2*2-4H,1H3;2-6H,1H3;2*2-5H,1H3;2-4H,1H3. The molecule has 18 rings (SSSR count). The Hall–Kier alpha value is -11.9. The highest BCUT2D eigenvalue weighted by Gasteiger charge is 2.09. The van der Waals surface area contributed by atoms with Crippen LogP contribution in [0.25, 0.3) is 64.7 Å². The summed E-state index contributed by atoms with van der Waals surface area (Å²) in [7, 11) is 0. The summed E-state index contributed by atoms with van der Waals surface area (Å²) >= 11 is 3.38. The highest BCUT2D eigenvalue weighted by molar-refractivity contribution is 7.17. The Labute approximate surface area is 584 Å². The van der Waals surface area contributed by atoms with Gasteiger partial charge in [-0.25, -0.2) is 59.8 Å². The van der Waals surface area contributed by atoms with Gasteiger partial charge < -0.3 is 13.8 Å². The molecule has 2 aromatic carbocycles. The van der Waals surface area contributed by atoms with Crippen LogP contribution < -0.4 is 0 Å². The smallest absolute Gasteiger partial charge is 0.226 e. The average Bonchev–Trinajstić information content (AvgIpc) is 1.87. The Balaban J connectivity index is 0.000000139. The number of benzene rings is 2. The van der Waals surface area contributed by atoms with E-state index in [1.54, 1.807) is 91.2 Å². The lowest BCUT2D eigenvalue weighted by Gasteiger charge is -1.98. The molecule has 0 bridgehead atoms. The molecule has 17 aromatic rings. The van der Waals surface area contributed by atoms with Crippen molar-refractivity contribution in [1.29, 1.82) is 0 Å². The SMILES string of the molecule is Cc1ccccc1.Cc1ccccn1.Cc1ccnc2c1CC=N2.Cc1ccnc2ccccc12.Cc1ccnc2nc[nH]c12.Cc1ccnc2occc12.Cc1ccnc2sccc12.Cc1ccncc1.Cc1ccncn1.Cc1ncnc2ccoc12.Cc1ncnc2ccsc12. The van der Waals surface area contributed by atoms with Crippen molar-refractivity contribution < 1.29 is 8.83 Å². The number of aromatic nitrogens is 15. The molecular weight excluding hydrogens is 1270 g/mol. The van der Waals surface area contributed by atoms with Crippen molar-refractivity contribution in [2.24, 2.45) is 4.99 Å². The van der Waals surface area contributed by atoms with E-state index in [0.717, 1.165) is 84.2 Å². The number of furan rings is 2. The summed E-state index contributed by atoms with van der Waals surface area (Å²) in [6.45, 7) is 22.3. The van der Waals surface area contributed by atoms with Crippen molar-refractivity contribution in [3.8, 4) is 0 Å². The van der Waals surface area contributed by atoms with Crippen LogP contribution in [0.5, 0.6) is 0 Å². The molecule has 16 heterocycles. The molecule has 0 radical (unpaired) electrons. The Bertz CT molecular complexity index is 4610. The first kappa shape index (κ1) is 72.9. The van der Waals surface area contributed by atoms with Gasteiger partial charge >= 0.3 is 0 Å². The number of hydrogen-bond donors (Lipinski definition) is 1. The van der Waals surface area contributed by atoms with Crippen molar-refractivity contribution in [2.75, 3.05) is 0 Å². The predicted octanol–water partition coefficient (Wildman–Crippen LogP) is 19.3. The Morgan fingerprint density at radius 2 is 1.02 bits per heavy atom. The van der Waals surface area contributed by atoms with Gasteiger partial charge in [-0.1, -0.05) is 60.2 Å². The van der Waals surface area contributed by atoms with Crippen LogP contribution in [0.3, 0.4) is 0 Å². The van der Waals surface area contributed by atoms with Gasteiger partial charge in [0.15, 0.2) is 17.0 Å². The van der Waals surface area contributed by atoms with E-state index in [-0.39, 0.29) is 0 Å². The first-order valence-corrected chi connectivity index (χ1v) is 33.4. The van der Waals surface area contributed by atoms with E-state index in [4.69, 9.17) is 8.83 Å². The van der Waals surface area contributed by atoms with Crippen molar-refractivity contribution in [3.05, 3.63) is 317 Å². The second-order valence-corrected chi connectivity index (χ2v) is 23.9. The fourth-order valence-corrected chi connectivity index (χ4v) is 10.6. The number of H-pyrrole nitrogens is 1. The molecule has 0 atom stereocenters. The average molecular weight is 1350 g/mol. The Morgan fingerprint density at radius 3 is 1.65 bits per heavy atom. The third kappa shape index (κ3) is 23.5. The van der Waals surface area contributed by atoms with Gasteiger partial charge in [-0.2, -0.15) is 0 Å². The van der Waals surface area contributed by atoms with Crippen molar-refractivity contribution in [2.45, 2.75) is 82.6 Å². The maximum Gasteiger partial charge on any atom is 0.226 e. The molecule has 15 aromatic heterocycles. The minimum atomic E-state index is 0.722. The third-order valence-electron chi connectivity index (χ3n) is 14.5. The van der Waals surface area contributed by atoms with E-state index in [2.05, 4.69) is 137 Å². The monoisotopic (exact) mass is 1350 g/mol. The van der Waals surface area contributed by atoms with Crippen LogP contribution in [-0.2, 0) is 6.42 Å². The lowest BCUT2D eigenvalue weighted by atomic mass is 10.1. The number of imidazole rings is 1. The second kappa shape index (κ2) is 39.2. The zero-order chi connectivity index (χ0) is 70.0. The van der Waals surface area contributed by atoms with E-state index in [9.17, 15) is 0 Å². The topological polar surface area (TPSA) is 235 Å². The summed E-state index contributed by atoms with van der Waals surface area (Å²) in [5, 5.41) is 7.74. The van der Waals surface area contributed by atoms with Crippen LogP contribution >= 0.6 is 22.7 Å². The summed E-state index contributed by atoms with van der Waals surface area (Å²) in [6.07, 6.45) is 28.6. The van der Waals surface area contributed by atoms with E-state index < -0.39 is 0 Å². The number of pyridine rings is 7. The molecule has 18 nitrogen and oxygen atoms in total. The van der Waals surface area contributed by atoms with Gasteiger partial charge in [-0.15, -0.1) is 22.7 Å². The number of fused-ring (bicyclic) bond motifs is 7. The van der Waals surface area contributed by atoms with Gasteiger partial charge in [0.1, 0.15) is 29.3 Å². The second-order valence-electron chi connectivity index (χ2n) is 22.0. The molecule has 1 N–H and O–H groups in total. The number of thiophene rings is 2. The maximum atomic E-state index is 5.12. The normalized spacial score (nSPS) is 10.3.